The second-order valence-corrected chi connectivity index (χ2v) is 7.98. The van der Waals surface area contributed by atoms with Crippen LogP contribution >= 0.6 is 0 Å². The van der Waals surface area contributed by atoms with Crippen LogP contribution in [0, 0.1) is 18.2 Å². The topological polar surface area (TPSA) is 41.9 Å². The lowest BCUT2D eigenvalue weighted by Crippen LogP contribution is -2.49. The molecule has 1 N–H and O–H groups in total. The maximum Gasteiger partial charge on any atom is 0.162 e. The van der Waals surface area contributed by atoms with Gasteiger partial charge < -0.3 is 14.6 Å². The van der Waals surface area contributed by atoms with E-state index in [-0.39, 0.29) is 12.4 Å². The van der Waals surface area contributed by atoms with E-state index in [2.05, 4.69) is 10.8 Å². The first-order chi connectivity index (χ1) is 14.0. The molecular formula is C24H26FNO3. The molecule has 2 bridgehead atoms. The van der Waals surface area contributed by atoms with Crippen LogP contribution in [0.25, 0.3) is 0 Å². The van der Waals surface area contributed by atoms with E-state index >= 15 is 0 Å². The molecule has 2 aliphatic rings. The van der Waals surface area contributed by atoms with E-state index in [4.69, 9.17) is 15.9 Å². The highest BCUT2D eigenvalue weighted by Gasteiger charge is 2.48. The van der Waals surface area contributed by atoms with Gasteiger partial charge in [-0.1, -0.05) is 24.1 Å². The number of nitrogens with zero attached hydrogens (tertiary/aromatic N) is 1. The van der Waals surface area contributed by atoms with Crippen LogP contribution in [0.5, 0.6) is 11.5 Å². The lowest BCUT2D eigenvalue weighted by Gasteiger charge is -2.44. The normalized spacial score (nSPS) is 26.1. The average Bonchev–Trinajstić information content (AvgIpc) is 2.96. The highest BCUT2D eigenvalue weighted by molar-refractivity contribution is 5.43. The summed E-state index contributed by atoms with van der Waals surface area (Å²) >= 11 is 0. The third kappa shape index (κ3) is 3.96. The fourth-order valence-corrected chi connectivity index (χ4v) is 4.83. The first kappa shape index (κ1) is 19.8. The maximum absolute atomic E-state index is 13.3. The summed E-state index contributed by atoms with van der Waals surface area (Å²) in [4.78, 5) is 2.48. The summed E-state index contributed by atoms with van der Waals surface area (Å²) < 4.78 is 24.3. The number of ether oxygens (including phenoxy) is 2. The van der Waals surface area contributed by atoms with Crippen LogP contribution in [0.15, 0.2) is 42.5 Å². The third-order valence-corrected chi connectivity index (χ3v) is 6.20. The van der Waals surface area contributed by atoms with Gasteiger partial charge >= 0.3 is 0 Å². The number of rotatable bonds is 6. The maximum atomic E-state index is 13.3. The number of methoxy groups -OCH3 is 1. The van der Waals surface area contributed by atoms with Crippen molar-refractivity contribution in [2.75, 3.05) is 13.7 Å². The number of piperidine rings is 1. The van der Waals surface area contributed by atoms with E-state index in [1.165, 1.54) is 12.1 Å². The van der Waals surface area contributed by atoms with Crippen molar-refractivity contribution in [2.45, 2.75) is 49.9 Å². The summed E-state index contributed by atoms with van der Waals surface area (Å²) in [6.07, 6.45) is 8.72. The Balaban J connectivity index is 1.49. The highest BCUT2D eigenvalue weighted by Crippen LogP contribution is 2.46. The summed E-state index contributed by atoms with van der Waals surface area (Å²) in [7, 11) is 1.62. The zero-order valence-corrected chi connectivity index (χ0v) is 16.6. The van der Waals surface area contributed by atoms with Crippen molar-refractivity contribution in [3.8, 4) is 23.8 Å². The summed E-state index contributed by atoms with van der Waals surface area (Å²) in [5.41, 5.74) is 1.06. The summed E-state index contributed by atoms with van der Waals surface area (Å²) in [6, 6.07) is 12.8. The lowest BCUT2D eigenvalue weighted by molar-refractivity contribution is -0.0595. The van der Waals surface area contributed by atoms with Crippen LogP contribution < -0.4 is 9.47 Å². The van der Waals surface area contributed by atoms with Gasteiger partial charge in [0.1, 0.15) is 12.4 Å². The molecule has 152 valence electrons. The van der Waals surface area contributed by atoms with E-state index in [0.29, 0.717) is 36.4 Å². The van der Waals surface area contributed by atoms with Gasteiger partial charge in [0.05, 0.1) is 12.7 Å². The van der Waals surface area contributed by atoms with Gasteiger partial charge in [-0.2, -0.15) is 0 Å². The molecule has 29 heavy (non-hydrogen) atoms. The van der Waals surface area contributed by atoms with Crippen molar-refractivity contribution in [2.24, 2.45) is 0 Å². The second kappa shape index (κ2) is 8.06. The van der Waals surface area contributed by atoms with Crippen molar-refractivity contribution < 1.29 is 19.0 Å². The number of fused-ring (bicyclic) bond motifs is 2. The van der Waals surface area contributed by atoms with Crippen LogP contribution in [0.3, 0.4) is 0 Å². The Morgan fingerprint density at radius 1 is 1.14 bits per heavy atom. The van der Waals surface area contributed by atoms with Crippen LogP contribution in [0.2, 0.25) is 0 Å². The molecule has 0 aromatic heterocycles. The molecule has 2 aromatic carbocycles. The minimum atomic E-state index is -0.888. The van der Waals surface area contributed by atoms with E-state index < -0.39 is 5.60 Å². The molecule has 2 heterocycles. The molecule has 5 heteroatoms. The summed E-state index contributed by atoms with van der Waals surface area (Å²) in [6.45, 7) is 0.995. The monoisotopic (exact) mass is 395 g/mol. The molecule has 0 aliphatic carbocycles. The zero-order chi connectivity index (χ0) is 20.4. The number of halogens is 1. The lowest BCUT2D eigenvalue weighted by atomic mass is 9.80. The SMILES string of the molecule is C#CCOc1ccc(CN2[C@@H]3CC[C@@H]2CC(O)(c2ccc(F)cc2)C3)cc1OC. The first-order valence-electron chi connectivity index (χ1n) is 10.00. The van der Waals surface area contributed by atoms with E-state index in [0.717, 1.165) is 30.5 Å². The first-order valence-corrected chi connectivity index (χ1v) is 10.00. The van der Waals surface area contributed by atoms with Gasteiger partial charge in [0.2, 0.25) is 0 Å². The number of benzene rings is 2. The average molecular weight is 395 g/mol. The van der Waals surface area contributed by atoms with Crippen molar-refractivity contribution in [1.82, 2.24) is 4.90 Å². The molecule has 2 fully saturated rings. The largest absolute Gasteiger partial charge is 0.493 e. The molecule has 4 nitrogen and oxygen atoms in total. The molecule has 4 rings (SSSR count). The fourth-order valence-electron chi connectivity index (χ4n) is 4.83. The molecule has 0 spiro atoms. The molecule has 2 aromatic rings. The molecule has 2 saturated heterocycles. The van der Waals surface area contributed by atoms with Crippen molar-refractivity contribution in [3.63, 3.8) is 0 Å². The summed E-state index contributed by atoms with van der Waals surface area (Å²) in [5.74, 6) is 3.50. The van der Waals surface area contributed by atoms with Gasteiger partial charge in [0.15, 0.2) is 11.5 Å². The standard InChI is InChI=1S/C24H26FNO3/c1-3-12-29-22-11-4-17(13-23(22)28-2)16-26-20-9-10-21(26)15-24(27,14-20)18-5-7-19(25)8-6-18/h1,4-8,11,13,20-21,27H,9-10,12,14-16H2,2H3/t20-,21-/m1/s1. The molecule has 2 aliphatic heterocycles. The summed E-state index contributed by atoms with van der Waals surface area (Å²) in [5, 5.41) is 11.3. The second-order valence-electron chi connectivity index (χ2n) is 7.98. The molecule has 2 atom stereocenters. The van der Waals surface area contributed by atoms with Crippen molar-refractivity contribution >= 4 is 0 Å². The van der Waals surface area contributed by atoms with Crippen molar-refractivity contribution in [3.05, 3.63) is 59.4 Å². The Labute approximate surface area is 171 Å². The predicted molar refractivity (Wildman–Crippen MR) is 109 cm³/mol. The number of terminal acetylenes is 1. The van der Waals surface area contributed by atoms with Crippen LogP contribution in [-0.2, 0) is 12.1 Å². The molecule has 0 unspecified atom stereocenters. The Kier molecular flexibility index (Phi) is 5.49. The van der Waals surface area contributed by atoms with E-state index in [1.54, 1.807) is 19.2 Å². The van der Waals surface area contributed by atoms with Crippen LogP contribution in [0.4, 0.5) is 4.39 Å². The zero-order valence-electron chi connectivity index (χ0n) is 16.6. The molecule has 0 saturated carbocycles. The predicted octanol–water partition coefficient (Wildman–Crippen LogP) is 3.86. The third-order valence-electron chi connectivity index (χ3n) is 6.20. The van der Waals surface area contributed by atoms with E-state index in [1.807, 2.05) is 18.2 Å². The molecule has 0 amide bonds. The Morgan fingerprint density at radius 3 is 2.45 bits per heavy atom. The highest BCUT2D eigenvalue weighted by atomic mass is 19.1. The Morgan fingerprint density at radius 2 is 1.83 bits per heavy atom. The smallest absolute Gasteiger partial charge is 0.162 e. The van der Waals surface area contributed by atoms with Gasteiger partial charge in [-0.05, 0) is 61.1 Å². The Hall–Kier alpha value is -2.55. The van der Waals surface area contributed by atoms with Gasteiger partial charge in [-0.25, -0.2) is 4.39 Å². The van der Waals surface area contributed by atoms with Gasteiger partial charge in [-0.3, -0.25) is 4.90 Å². The Bertz CT molecular complexity index is 891. The quantitative estimate of drug-likeness (QED) is 0.755. The minimum Gasteiger partial charge on any atom is -0.493 e. The van der Waals surface area contributed by atoms with Crippen molar-refractivity contribution in [1.29, 1.82) is 0 Å². The number of hydrogen-bond donors (Lipinski definition) is 1. The van der Waals surface area contributed by atoms with Crippen LogP contribution in [0.1, 0.15) is 36.8 Å². The molecule has 0 radical (unpaired) electrons. The van der Waals surface area contributed by atoms with Gasteiger partial charge in [0.25, 0.3) is 0 Å². The minimum absolute atomic E-state index is 0.202. The number of aliphatic hydroxyl groups is 1. The van der Waals surface area contributed by atoms with Gasteiger partial charge in [0, 0.05) is 18.6 Å². The molecular weight excluding hydrogens is 369 g/mol. The van der Waals surface area contributed by atoms with Gasteiger partial charge in [-0.15, -0.1) is 6.42 Å². The van der Waals surface area contributed by atoms with E-state index in [9.17, 15) is 9.50 Å². The fraction of sp³-hybridized carbons (Fsp3) is 0.417. The number of hydrogen-bond acceptors (Lipinski definition) is 4. The van der Waals surface area contributed by atoms with Crippen LogP contribution in [-0.4, -0.2) is 35.8 Å².